The van der Waals surface area contributed by atoms with Gasteiger partial charge in [-0.25, -0.2) is 0 Å². The molecule has 1 aromatic heterocycles. The van der Waals surface area contributed by atoms with Crippen molar-refractivity contribution in [1.82, 2.24) is 0 Å². The second-order valence-electron chi connectivity index (χ2n) is 2.19. The standard InChI is InChI=1S/C6H5BrF3NO/c7-4-2-12-1-3(4)5(11)6(8,9)10/h1-2,5H,11H2/t5-/m1/s1. The van der Waals surface area contributed by atoms with Gasteiger partial charge in [0.2, 0.25) is 0 Å². The Balaban J connectivity index is 2.92. The zero-order valence-corrected chi connectivity index (χ0v) is 7.32. The van der Waals surface area contributed by atoms with Crippen LogP contribution in [-0.4, -0.2) is 6.18 Å². The molecule has 1 atom stereocenters. The Morgan fingerprint density at radius 2 is 2.00 bits per heavy atom. The maximum Gasteiger partial charge on any atom is 0.407 e. The summed E-state index contributed by atoms with van der Waals surface area (Å²) < 4.78 is 40.8. The van der Waals surface area contributed by atoms with E-state index >= 15 is 0 Å². The number of furan rings is 1. The van der Waals surface area contributed by atoms with Crippen molar-refractivity contribution in [2.24, 2.45) is 5.73 Å². The highest BCUT2D eigenvalue weighted by Gasteiger charge is 2.39. The third kappa shape index (κ3) is 1.81. The third-order valence-corrected chi connectivity index (χ3v) is 1.97. The van der Waals surface area contributed by atoms with Gasteiger partial charge < -0.3 is 10.2 Å². The quantitative estimate of drug-likeness (QED) is 0.824. The van der Waals surface area contributed by atoms with Crippen LogP contribution in [0, 0.1) is 0 Å². The van der Waals surface area contributed by atoms with Gasteiger partial charge in [-0.2, -0.15) is 13.2 Å². The first-order chi connectivity index (χ1) is 5.43. The van der Waals surface area contributed by atoms with Gasteiger partial charge in [0.05, 0.1) is 10.7 Å². The van der Waals surface area contributed by atoms with E-state index in [2.05, 4.69) is 20.3 Å². The molecule has 2 nitrogen and oxygen atoms in total. The lowest BCUT2D eigenvalue weighted by Crippen LogP contribution is -2.28. The Bertz CT molecular complexity index is 270. The second-order valence-corrected chi connectivity index (χ2v) is 3.05. The van der Waals surface area contributed by atoms with Gasteiger partial charge in [0, 0.05) is 5.56 Å². The molecule has 0 aliphatic rings. The minimum Gasteiger partial charge on any atom is -0.471 e. The first kappa shape index (κ1) is 9.60. The second kappa shape index (κ2) is 3.10. The van der Waals surface area contributed by atoms with E-state index in [1.54, 1.807) is 0 Å². The summed E-state index contributed by atoms with van der Waals surface area (Å²) in [5.74, 6) is 0. The number of halogens is 4. The highest BCUT2D eigenvalue weighted by molar-refractivity contribution is 9.10. The van der Waals surface area contributed by atoms with Crippen molar-refractivity contribution in [2.75, 3.05) is 0 Å². The summed E-state index contributed by atoms with van der Waals surface area (Å²) in [4.78, 5) is 0. The van der Waals surface area contributed by atoms with Gasteiger partial charge in [-0.3, -0.25) is 0 Å². The summed E-state index contributed by atoms with van der Waals surface area (Å²) >= 11 is 2.89. The highest BCUT2D eigenvalue weighted by atomic mass is 79.9. The topological polar surface area (TPSA) is 39.2 Å². The molecule has 0 aliphatic heterocycles. The van der Waals surface area contributed by atoms with Crippen molar-refractivity contribution in [3.8, 4) is 0 Å². The van der Waals surface area contributed by atoms with Gasteiger partial charge in [0.15, 0.2) is 0 Å². The van der Waals surface area contributed by atoms with Crippen molar-refractivity contribution < 1.29 is 17.6 Å². The fourth-order valence-corrected chi connectivity index (χ4v) is 1.14. The lowest BCUT2D eigenvalue weighted by molar-refractivity contribution is -0.149. The van der Waals surface area contributed by atoms with Crippen LogP contribution in [0.15, 0.2) is 21.4 Å². The minimum absolute atomic E-state index is 0.0949. The molecule has 1 rings (SSSR count). The predicted octanol–water partition coefficient (Wildman–Crippen LogP) is 2.60. The lowest BCUT2D eigenvalue weighted by atomic mass is 10.1. The van der Waals surface area contributed by atoms with Crippen molar-refractivity contribution in [2.45, 2.75) is 12.2 Å². The molecule has 12 heavy (non-hydrogen) atoms. The molecule has 0 radical (unpaired) electrons. The fourth-order valence-electron chi connectivity index (χ4n) is 0.690. The molecule has 0 spiro atoms. The monoisotopic (exact) mass is 243 g/mol. The van der Waals surface area contributed by atoms with Crippen LogP contribution in [0.5, 0.6) is 0 Å². The van der Waals surface area contributed by atoms with E-state index in [-0.39, 0.29) is 10.0 Å². The average Bonchev–Trinajstić information content (AvgIpc) is 2.31. The average molecular weight is 244 g/mol. The number of hydrogen-bond donors (Lipinski definition) is 1. The molecule has 0 aliphatic carbocycles. The zero-order chi connectivity index (χ0) is 9.35. The van der Waals surface area contributed by atoms with Crippen molar-refractivity contribution in [3.05, 3.63) is 22.6 Å². The normalized spacial score (nSPS) is 14.8. The third-order valence-electron chi connectivity index (χ3n) is 1.33. The molecule has 0 aromatic carbocycles. The Morgan fingerprint density at radius 1 is 1.42 bits per heavy atom. The van der Waals surface area contributed by atoms with Crippen LogP contribution in [0.1, 0.15) is 11.6 Å². The van der Waals surface area contributed by atoms with Gasteiger partial charge in [-0.15, -0.1) is 0 Å². The first-order valence-corrected chi connectivity index (χ1v) is 3.76. The predicted molar refractivity (Wildman–Crippen MR) is 39.4 cm³/mol. The van der Waals surface area contributed by atoms with Gasteiger partial charge in [-0.1, -0.05) is 0 Å². The Hall–Kier alpha value is -0.490. The highest BCUT2D eigenvalue weighted by Crippen LogP contribution is 2.34. The fraction of sp³-hybridized carbons (Fsp3) is 0.333. The lowest BCUT2D eigenvalue weighted by Gasteiger charge is -2.13. The maximum absolute atomic E-state index is 12.0. The largest absolute Gasteiger partial charge is 0.471 e. The van der Waals surface area contributed by atoms with E-state index < -0.39 is 12.2 Å². The van der Waals surface area contributed by atoms with Crippen LogP contribution in [0.25, 0.3) is 0 Å². The molecule has 0 saturated carbocycles. The van der Waals surface area contributed by atoms with Crippen LogP contribution < -0.4 is 5.73 Å². The van der Waals surface area contributed by atoms with E-state index in [9.17, 15) is 13.2 Å². The van der Waals surface area contributed by atoms with E-state index in [1.807, 2.05) is 0 Å². The first-order valence-electron chi connectivity index (χ1n) is 2.97. The molecule has 0 saturated heterocycles. The number of nitrogens with two attached hydrogens (primary N) is 1. The molecule has 6 heteroatoms. The van der Waals surface area contributed by atoms with Crippen LogP contribution in [0.2, 0.25) is 0 Å². The summed E-state index contributed by atoms with van der Waals surface area (Å²) in [6, 6.07) is -1.99. The van der Waals surface area contributed by atoms with Crippen LogP contribution >= 0.6 is 15.9 Å². The van der Waals surface area contributed by atoms with Crippen LogP contribution in [0.4, 0.5) is 13.2 Å². The van der Waals surface area contributed by atoms with Crippen molar-refractivity contribution in [1.29, 1.82) is 0 Å². The summed E-state index contributed by atoms with van der Waals surface area (Å²) in [5.41, 5.74) is 4.81. The molecule has 68 valence electrons. The maximum atomic E-state index is 12.0. The molecule has 1 aromatic rings. The molecule has 2 N–H and O–H groups in total. The number of hydrogen-bond acceptors (Lipinski definition) is 2. The van der Waals surface area contributed by atoms with Crippen LogP contribution in [0.3, 0.4) is 0 Å². The molecule has 0 fully saturated rings. The van der Waals surface area contributed by atoms with E-state index in [4.69, 9.17) is 5.73 Å². The van der Waals surface area contributed by atoms with Gasteiger partial charge in [0.1, 0.15) is 12.3 Å². The smallest absolute Gasteiger partial charge is 0.407 e. The molecular formula is C6H5BrF3NO. The Morgan fingerprint density at radius 3 is 2.33 bits per heavy atom. The number of rotatable bonds is 1. The summed E-state index contributed by atoms with van der Waals surface area (Å²) in [6.07, 6.45) is -2.31. The van der Waals surface area contributed by atoms with Gasteiger partial charge >= 0.3 is 6.18 Å². The Labute approximate surface area is 74.7 Å². The molecular weight excluding hydrogens is 239 g/mol. The van der Waals surface area contributed by atoms with Gasteiger partial charge in [-0.05, 0) is 15.9 Å². The van der Waals surface area contributed by atoms with Crippen molar-refractivity contribution >= 4 is 15.9 Å². The van der Waals surface area contributed by atoms with E-state index in [0.717, 1.165) is 12.5 Å². The summed E-state index contributed by atoms with van der Waals surface area (Å²) in [7, 11) is 0. The zero-order valence-electron chi connectivity index (χ0n) is 5.73. The summed E-state index contributed by atoms with van der Waals surface area (Å²) in [5, 5.41) is 0. The SMILES string of the molecule is N[C@H](c1cocc1Br)C(F)(F)F. The minimum atomic E-state index is -4.44. The van der Waals surface area contributed by atoms with Gasteiger partial charge in [0.25, 0.3) is 0 Å². The van der Waals surface area contributed by atoms with Crippen LogP contribution in [-0.2, 0) is 0 Å². The van der Waals surface area contributed by atoms with Crippen molar-refractivity contribution in [3.63, 3.8) is 0 Å². The molecule has 0 amide bonds. The molecule has 0 bridgehead atoms. The Kier molecular flexibility index (Phi) is 2.48. The van der Waals surface area contributed by atoms with E-state index in [0.29, 0.717) is 0 Å². The summed E-state index contributed by atoms with van der Waals surface area (Å²) in [6.45, 7) is 0. The van der Waals surface area contributed by atoms with E-state index in [1.165, 1.54) is 0 Å². The molecule has 0 unspecified atom stereocenters. The molecule has 1 heterocycles. The number of alkyl halides is 3.